The molecule has 8 heteroatoms. The molecule has 154 valence electrons. The number of para-hydroxylation sites is 1. The number of anilines is 1. The molecule has 0 atom stereocenters. The molecule has 5 aromatic rings. The van der Waals surface area contributed by atoms with Crippen molar-refractivity contribution >= 4 is 45.7 Å². The number of nitrogens with one attached hydrogen (secondary N) is 1. The number of thiophene rings is 1. The highest BCUT2D eigenvalue weighted by molar-refractivity contribution is 8.00. The summed E-state index contributed by atoms with van der Waals surface area (Å²) < 4.78 is 9.01. The van der Waals surface area contributed by atoms with Crippen LogP contribution in [0, 0.1) is 0 Å². The first-order chi connectivity index (χ1) is 15.2. The fourth-order valence-electron chi connectivity index (χ4n) is 3.38. The molecule has 1 amide bonds. The topological polar surface area (TPSA) is 73.0 Å². The van der Waals surface area contributed by atoms with Crippen molar-refractivity contribution < 1.29 is 9.21 Å². The maximum Gasteiger partial charge on any atom is 0.291 e. The van der Waals surface area contributed by atoms with Crippen LogP contribution >= 0.6 is 23.1 Å². The maximum absolute atomic E-state index is 13.2. The molecular weight excluding hydrogens is 428 g/mol. The van der Waals surface area contributed by atoms with Gasteiger partial charge in [-0.1, -0.05) is 36.4 Å². The number of rotatable bonds is 6. The van der Waals surface area contributed by atoms with Gasteiger partial charge in [-0.2, -0.15) is 0 Å². The molecule has 1 N–H and O–H groups in total. The molecule has 0 radical (unpaired) electrons. The van der Waals surface area contributed by atoms with Crippen molar-refractivity contribution in [2.75, 3.05) is 5.32 Å². The van der Waals surface area contributed by atoms with Gasteiger partial charge in [0.25, 0.3) is 5.91 Å². The van der Waals surface area contributed by atoms with Crippen LogP contribution in [0.5, 0.6) is 0 Å². The third-order valence-corrected chi connectivity index (χ3v) is 7.01. The van der Waals surface area contributed by atoms with Crippen LogP contribution in [0.4, 0.5) is 5.69 Å². The van der Waals surface area contributed by atoms with Gasteiger partial charge in [0.05, 0.1) is 4.21 Å². The summed E-state index contributed by atoms with van der Waals surface area (Å²) in [6.07, 6.45) is 1.65. The minimum atomic E-state index is -0.270. The second kappa shape index (κ2) is 8.41. The summed E-state index contributed by atoms with van der Waals surface area (Å²) in [5.41, 5.74) is 3.15. The van der Waals surface area contributed by atoms with Gasteiger partial charge in [-0.3, -0.25) is 4.79 Å². The molecule has 31 heavy (non-hydrogen) atoms. The first kappa shape index (κ1) is 19.6. The Morgan fingerprint density at radius 3 is 2.87 bits per heavy atom. The molecule has 6 nitrogen and oxygen atoms in total. The van der Waals surface area contributed by atoms with Crippen LogP contribution < -0.4 is 5.32 Å². The summed E-state index contributed by atoms with van der Waals surface area (Å²) in [4.78, 5) is 13.2. The van der Waals surface area contributed by atoms with Crippen molar-refractivity contribution in [1.82, 2.24) is 14.8 Å². The van der Waals surface area contributed by atoms with Gasteiger partial charge in [-0.25, -0.2) is 0 Å². The molecule has 0 aliphatic heterocycles. The number of benzene rings is 2. The van der Waals surface area contributed by atoms with Crippen LogP contribution in [0.3, 0.4) is 0 Å². The van der Waals surface area contributed by atoms with E-state index in [1.54, 1.807) is 29.4 Å². The number of nitrogens with zero attached hydrogens (tertiary/aromatic N) is 3. The Kier molecular flexibility index (Phi) is 5.31. The standard InChI is InChI=1S/C23H18N4O2S2/c1-27-14-24-26-22(27)15-6-4-7-16(12-15)25-23(28)21-18(13-31-20-10-5-11-30-20)17-8-2-3-9-19(17)29-21/h2-12,14H,13H2,1H3,(H,25,28). The molecule has 0 saturated heterocycles. The van der Waals surface area contributed by atoms with Crippen molar-refractivity contribution in [3.8, 4) is 11.4 Å². The largest absolute Gasteiger partial charge is 0.451 e. The van der Waals surface area contributed by atoms with E-state index in [4.69, 9.17) is 4.42 Å². The van der Waals surface area contributed by atoms with E-state index in [0.29, 0.717) is 22.8 Å². The lowest BCUT2D eigenvalue weighted by Crippen LogP contribution is -2.13. The van der Waals surface area contributed by atoms with Crippen molar-refractivity contribution in [3.05, 3.63) is 83.7 Å². The molecule has 0 aliphatic rings. The average molecular weight is 447 g/mol. The van der Waals surface area contributed by atoms with Gasteiger partial charge >= 0.3 is 0 Å². The Bertz CT molecular complexity index is 1360. The molecule has 0 aliphatic carbocycles. The summed E-state index contributed by atoms with van der Waals surface area (Å²) in [6, 6.07) is 19.4. The number of carbonyl (C=O) groups excluding carboxylic acids is 1. The minimum absolute atomic E-state index is 0.270. The first-order valence-electron chi connectivity index (χ1n) is 9.61. The molecule has 5 rings (SSSR count). The summed E-state index contributed by atoms with van der Waals surface area (Å²) >= 11 is 3.39. The molecule has 0 spiro atoms. The van der Waals surface area contributed by atoms with Gasteiger partial charge in [0.2, 0.25) is 0 Å². The zero-order chi connectivity index (χ0) is 21.2. The van der Waals surface area contributed by atoms with Crippen molar-refractivity contribution in [1.29, 1.82) is 0 Å². The minimum Gasteiger partial charge on any atom is -0.451 e. The zero-order valence-electron chi connectivity index (χ0n) is 16.6. The number of aryl methyl sites for hydroxylation is 1. The number of thioether (sulfide) groups is 1. The summed E-state index contributed by atoms with van der Waals surface area (Å²) in [5.74, 6) is 1.45. The zero-order valence-corrected chi connectivity index (χ0v) is 18.2. The van der Waals surface area contributed by atoms with Crippen molar-refractivity contribution in [3.63, 3.8) is 0 Å². The Hall–Kier alpha value is -3.36. The Morgan fingerprint density at radius 1 is 1.16 bits per heavy atom. The normalized spacial score (nSPS) is 11.1. The highest BCUT2D eigenvalue weighted by Gasteiger charge is 2.21. The van der Waals surface area contributed by atoms with Crippen LogP contribution in [-0.4, -0.2) is 20.7 Å². The van der Waals surface area contributed by atoms with E-state index in [1.165, 1.54) is 4.21 Å². The Labute approximate surface area is 186 Å². The number of hydrogen-bond acceptors (Lipinski definition) is 6. The second-order valence-electron chi connectivity index (χ2n) is 6.93. The number of fused-ring (bicyclic) bond motifs is 1. The van der Waals surface area contributed by atoms with Gasteiger partial charge < -0.3 is 14.3 Å². The maximum atomic E-state index is 13.2. The highest BCUT2D eigenvalue weighted by Crippen LogP contribution is 2.34. The number of aromatic nitrogens is 3. The molecule has 0 bridgehead atoms. The molecule has 3 aromatic heterocycles. The molecule has 3 heterocycles. The van der Waals surface area contributed by atoms with Gasteiger partial charge in [0.1, 0.15) is 11.9 Å². The van der Waals surface area contributed by atoms with E-state index in [9.17, 15) is 4.79 Å². The Balaban J connectivity index is 1.44. The van der Waals surface area contributed by atoms with Crippen molar-refractivity contribution in [2.24, 2.45) is 7.05 Å². The quantitative estimate of drug-likeness (QED) is 0.332. The van der Waals surface area contributed by atoms with Crippen LogP contribution in [0.1, 0.15) is 16.1 Å². The fraction of sp³-hybridized carbons (Fsp3) is 0.0870. The number of hydrogen-bond donors (Lipinski definition) is 1. The van der Waals surface area contributed by atoms with E-state index in [1.807, 2.05) is 71.6 Å². The van der Waals surface area contributed by atoms with Crippen molar-refractivity contribution in [2.45, 2.75) is 9.96 Å². The predicted octanol–water partition coefficient (Wildman–Crippen LogP) is 5.83. The molecule has 0 saturated carbocycles. The smallest absolute Gasteiger partial charge is 0.291 e. The summed E-state index contributed by atoms with van der Waals surface area (Å²) in [7, 11) is 1.88. The number of furan rings is 1. The molecule has 2 aromatic carbocycles. The molecular formula is C23H18N4O2S2. The number of amides is 1. The van der Waals surface area contributed by atoms with E-state index in [-0.39, 0.29) is 5.91 Å². The van der Waals surface area contributed by atoms with Crippen LogP contribution in [0.25, 0.3) is 22.4 Å². The lowest BCUT2D eigenvalue weighted by atomic mass is 10.1. The van der Waals surface area contributed by atoms with E-state index in [0.717, 1.165) is 22.3 Å². The average Bonchev–Trinajstić information content (AvgIpc) is 3.52. The van der Waals surface area contributed by atoms with E-state index in [2.05, 4.69) is 21.6 Å². The van der Waals surface area contributed by atoms with Gasteiger partial charge in [0.15, 0.2) is 11.6 Å². The third-order valence-electron chi connectivity index (χ3n) is 4.85. The molecule has 0 unspecified atom stereocenters. The van der Waals surface area contributed by atoms with E-state index < -0.39 is 0 Å². The lowest BCUT2D eigenvalue weighted by molar-refractivity contribution is 0.0998. The molecule has 0 fully saturated rings. The van der Waals surface area contributed by atoms with Gasteiger partial charge in [-0.05, 0) is 29.6 Å². The second-order valence-corrected chi connectivity index (χ2v) is 9.15. The fourth-order valence-corrected chi connectivity index (χ4v) is 5.19. The van der Waals surface area contributed by atoms with Crippen LogP contribution in [0.2, 0.25) is 0 Å². The summed E-state index contributed by atoms with van der Waals surface area (Å²) in [5, 5.41) is 14.0. The Morgan fingerprint density at radius 2 is 2.06 bits per heavy atom. The predicted molar refractivity (Wildman–Crippen MR) is 124 cm³/mol. The van der Waals surface area contributed by atoms with Gasteiger partial charge in [-0.15, -0.1) is 33.3 Å². The van der Waals surface area contributed by atoms with E-state index >= 15 is 0 Å². The SMILES string of the molecule is Cn1cnnc1-c1cccc(NC(=O)c2oc3ccccc3c2CSc2cccs2)c1. The van der Waals surface area contributed by atoms with Crippen LogP contribution in [-0.2, 0) is 12.8 Å². The summed E-state index contributed by atoms with van der Waals surface area (Å²) in [6.45, 7) is 0. The van der Waals surface area contributed by atoms with Gasteiger partial charge in [0, 0.05) is 35.0 Å². The lowest BCUT2D eigenvalue weighted by Gasteiger charge is -2.07. The monoisotopic (exact) mass is 446 g/mol. The third kappa shape index (κ3) is 3.99. The first-order valence-corrected chi connectivity index (χ1v) is 11.5. The van der Waals surface area contributed by atoms with Crippen LogP contribution in [0.15, 0.2) is 81.0 Å². The highest BCUT2D eigenvalue weighted by atomic mass is 32.2. The number of carbonyl (C=O) groups is 1.